The number of thiazole rings is 1. The third-order valence-electron chi connectivity index (χ3n) is 2.15. The second-order valence-corrected chi connectivity index (χ2v) is 5.01. The highest BCUT2D eigenvalue weighted by molar-refractivity contribution is 7.98. The van der Waals surface area contributed by atoms with Gasteiger partial charge in [-0.05, 0) is 25.3 Å². The molecule has 2 N–H and O–H groups in total. The molecule has 0 aliphatic heterocycles. The van der Waals surface area contributed by atoms with Crippen LogP contribution in [-0.4, -0.2) is 11.2 Å². The highest BCUT2D eigenvalue weighted by Gasteiger charge is 2.07. The van der Waals surface area contributed by atoms with Gasteiger partial charge in [0.05, 0.1) is 5.69 Å². The van der Waals surface area contributed by atoms with Crippen LogP contribution in [-0.2, 0) is 0 Å². The number of nitrogens with two attached hydrogens (primary N) is 1. The van der Waals surface area contributed by atoms with E-state index in [2.05, 4.69) is 36.4 Å². The van der Waals surface area contributed by atoms with E-state index >= 15 is 0 Å². The zero-order valence-corrected chi connectivity index (χ0v) is 10.3. The van der Waals surface area contributed by atoms with Gasteiger partial charge >= 0.3 is 0 Å². The first kappa shape index (κ1) is 10.5. The van der Waals surface area contributed by atoms with Gasteiger partial charge in [-0.2, -0.15) is 0 Å². The Labute approximate surface area is 97.5 Å². The number of aryl methyl sites for hydroxylation is 1. The van der Waals surface area contributed by atoms with E-state index in [-0.39, 0.29) is 0 Å². The lowest BCUT2D eigenvalue weighted by atomic mass is 10.1. The molecule has 1 heterocycles. The van der Waals surface area contributed by atoms with E-state index in [0.717, 1.165) is 5.69 Å². The average molecular weight is 236 g/mol. The molecule has 0 atom stereocenters. The number of hydrogen-bond acceptors (Lipinski definition) is 4. The number of hydrogen-bond donors (Lipinski definition) is 1. The Bertz CT molecular complexity index is 477. The van der Waals surface area contributed by atoms with E-state index in [4.69, 9.17) is 5.73 Å². The summed E-state index contributed by atoms with van der Waals surface area (Å²) in [6.45, 7) is 2.09. The van der Waals surface area contributed by atoms with Gasteiger partial charge < -0.3 is 5.73 Å². The second kappa shape index (κ2) is 4.24. The predicted octanol–water partition coefficient (Wildman–Crippen LogP) is 3.42. The molecule has 0 saturated heterocycles. The van der Waals surface area contributed by atoms with E-state index in [9.17, 15) is 0 Å². The normalized spacial score (nSPS) is 10.5. The number of nitrogens with zero attached hydrogens (tertiary/aromatic N) is 1. The van der Waals surface area contributed by atoms with Crippen LogP contribution in [0.4, 0.5) is 5.13 Å². The fourth-order valence-electron chi connectivity index (χ4n) is 1.43. The molecular weight excluding hydrogens is 224 g/mol. The van der Waals surface area contributed by atoms with Gasteiger partial charge in [0, 0.05) is 15.8 Å². The molecule has 15 heavy (non-hydrogen) atoms. The van der Waals surface area contributed by atoms with Crippen LogP contribution in [0.1, 0.15) is 5.56 Å². The van der Waals surface area contributed by atoms with Crippen LogP contribution in [0.5, 0.6) is 0 Å². The zero-order valence-electron chi connectivity index (χ0n) is 8.65. The Morgan fingerprint density at radius 1 is 1.40 bits per heavy atom. The van der Waals surface area contributed by atoms with Gasteiger partial charge in [-0.25, -0.2) is 4.98 Å². The number of thioether (sulfide) groups is 1. The molecule has 0 aliphatic carbocycles. The fourth-order valence-corrected chi connectivity index (χ4v) is 2.58. The molecule has 1 aromatic heterocycles. The smallest absolute Gasteiger partial charge is 0.180 e. The van der Waals surface area contributed by atoms with E-state index in [1.165, 1.54) is 27.4 Å². The number of anilines is 1. The van der Waals surface area contributed by atoms with Gasteiger partial charge in [-0.15, -0.1) is 23.1 Å². The third-order valence-corrected chi connectivity index (χ3v) is 3.62. The first-order chi connectivity index (χ1) is 7.20. The molecule has 1 aromatic carbocycles. The van der Waals surface area contributed by atoms with Crippen molar-refractivity contribution in [2.24, 2.45) is 0 Å². The van der Waals surface area contributed by atoms with Gasteiger partial charge in [0.15, 0.2) is 5.13 Å². The quantitative estimate of drug-likeness (QED) is 0.812. The Kier molecular flexibility index (Phi) is 2.98. The van der Waals surface area contributed by atoms with E-state index in [0.29, 0.717) is 5.13 Å². The highest BCUT2D eigenvalue weighted by Crippen LogP contribution is 2.32. The van der Waals surface area contributed by atoms with Crippen LogP contribution in [0.2, 0.25) is 0 Å². The zero-order chi connectivity index (χ0) is 10.8. The van der Waals surface area contributed by atoms with Gasteiger partial charge in [0.1, 0.15) is 0 Å². The Morgan fingerprint density at radius 2 is 2.20 bits per heavy atom. The molecule has 0 spiro atoms. The van der Waals surface area contributed by atoms with Crippen molar-refractivity contribution in [3.8, 4) is 11.3 Å². The Balaban J connectivity index is 2.55. The van der Waals surface area contributed by atoms with Crippen molar-refractivity contribution >= 4 is 28.2 Å². The molecule has 0 saturated carbocycles. The Morgan fingerprint density at radius 3 is 2.80 bits per heavy atom. The molecule has 0 bridgehead atoms. The SMILES string of the molecule is CSc1ccc(C)cc1-c1csc(N)n1. The van der Waals surface area contributed by atoms with Crippen molar-refractivity contribution in [3.63, 3.8) is 0 Å². The maximum absolute atomic E-state index is 5.65. The van der Waals surface area contributed by atoms with Crippen LogP contribution in [0, 0.1) is 6.92 Å². The molecule has 0 radical (unpaired) electrons. The van der Waals surface area contributed by atoms with Crippen LogP contribution in [0.15, 0.2) is 28.5 Å². The maximum Gasteiger partial charge on any atom is 0.180 e. The van der Waals surface area contributed by atoms with Crippen LogP contribution in [0.25, 0.3) is 11.3 Å². The van der Waals surface area contributed by atoms with Crippen molar-refractivity contribution in [1.82, 2.24) is 4.98 Å². The molecular formula is C11H12N2S2. The van der Waals surface area contributed by atoms with Crippen molar-refractivity contribution in [2.45, 2.75) is 11.8 Å². The molecule has 0 unspecified atom stereocenters. The number of rotatable bonds is 2. The molecule has 78 valence electrons. The van der Waals surface area contributed by atoms with Gasteiger partial charge in [0.25, 0.3) is 0 Å². The van der Waals surface area contributed by atoms with Crippen LogP contribution in [0.3, 0.4) is 0 Å². The van der Waals surface area contributed by atoms with E-state index in [1.54, 1.807) is 11.8 Å². The van der Waals surface area contributed by atoms with Crippen molar-refractivity contribution in [1.29, 1.82) is 0 Å². The minimum absolute atomic E-state index is 0.624. The molecule has 0 amide bonds. The maximum atomic E-state index is 5.65. The lowest BCUT2D eigenvalue weighted by Crippen LogP contribution is -1.86. The summed E-state index contributed by atoms with van der Waals surface area (Å²) >= 11 is 3.21. The van der Waals surface area contributed by atoms with Gasteiger partial charge in [-0.1, -0.05) is 11.6 Å². The van der Waals surface area contributed by atoms with Gasteiger partial charge in [0.2, 0.25) is 0 Å². The summed E-state index contributed by atoms with van der Waals surface area (Å²) < 4.78 is 0. The van der Waals surface area contributed by atoms with Crippen LogP contribution >= 0.6 is 23.1 Å². The lowest BCUT2D eigenvalue weighted by molar-refractivity contribution is 1.32. The molecule has 2 rings (SSSR count). The summed E-state index contributed by atoms with van der Waals surface area (Å²) in [6.07, 6.45) is 2.07. The lowest BCUT2D eigenvalue weighted by Gasteiger charge is -2.05. The average Bonchev–Trinajstić information content (AvgIpc) is 2.65. The molecule has 4 heteroatoms. The largest absolute Gasteiger partial charge is 0.375 e. The van der Waals surface area contributed by atoms with Crippen molar-refractivity contribution in [2.75, 3.05) is 12.0 Å². The summed E-state index contributed by atoms with van der Waals surface area (Å²) in [7, 11) is 0. The number of aromatic nitrogens is 1. The molecule has 0 fully saturated rings. The Hall–Kier alpha value is -1.00. The predicted molar refractivity (Wildman–Crippen MR) is 68.5 cm³/mol. The molecule has 2 nitrogen and oxygen atoms in total. The minimum Gasteiger partial charge on any atom is -0.375 e. The summed E-state index contributed by atoms with van der Waals surface area (Å²) in [5, 5.41) is 2.63. The topological polar surface area (TPSA) is 38.9 Å². The summed E-state index contributed by atoms with van der Waals surface area (Å²) in [5.74, 6) is 0. The number of benzene rings is 1. The monoisotopic (exact) mass is 236 g/mol. The summed E-state index contributed by atoms with van der Waals surface area (Å²) in [4.78, 5) is 5.56. The molecule has 0 aliphatic rings. The molecule has 2 aromatic rings. The van der Waals surface area contributed by atoms with Crippen LogP contribution < -0.4 is 5.73 Å². The first-order valence-corrected chi connectivity index (χ1v) is 6.67. The van der Waals surface area contributed by atoms with E-state index < -0.39 is 0 Å². The standard InChI is InChI=1S/C11H12N2S2/c1-7-3-4-10(14-2)8(5-7)9-6-15-11(12)13-9/h3-6H,1-2H3,(H2,12,13). The van der Waals surface area contributed by atoms with E-state index in [1.807, 2.05) is 5.38 Å². The summed E-state index contributed by atoms with van der Waals surface area (Å²) in [6, 6.07) is 6.40. The second-order valence-electron chi connectivity index (χ2n) is 3.27. The minimum atomic E-state index is 0.624. The van der Waals surface area contributed by atoms with Crippen molar-refractivity contribution < 1.29 is 0 Å². The fraction of sp³-hybridized carbons (Fsp3) is 0.182. The van der Waals surface area contributed by atoms with Crippen molar-refractivity contribution in [3.05, 3.63) is 29.1 Å². The van der Waals surface area contributed by atoms with Gasteiger partial charge in [-0.3, -0.25) is 0 Å². The first-order valence-electron chi connectivity index (χ1n) is 4.56. The summed E-state index contributed by atoms with van der Waals surface area (Å²) in [5.41, 5.74) is 9.04. The highest BCUT2D eigenvalue weighted by atomic mass is 32.2. The number of nitrogen functional groups attached to an aromatic ring is 1. The third kappa shape index (κ3) is 2.16.